The molecule has 4 N–H and O–H groups in total. The van der Waals surface area contributed by atoms with Crippen LogP contribution in [0.5, 0.6) is 0 Å². The van der Waals surface area contributed by atoms with Gasteiger partial charge in [0.15, 0.2) is 5.60 Å². The van der Waals surface area contributed by atoms with Gasteiger partial charge in [0.05, 0.1) is 18.5 Å². The van der Waals surface area contributed by atoms with Crippen LogP contribution >= 0.6 is 0 Å². The number of aliphatic hydroxyl groups is 2. The summed E-state index contributed by atoms with van der Waals surface area (Å²) >= 11 is 0. The van der Waals surface area contributed by atoms with Crippen molar-refractivity contribution in [2.24, 2.45) is 0 Å². The van der Waals surface area contributed by atoms with Gasteiger partial charge in [0.25, 0.3) is 0 Å². The van der Waals surface area contributed by atoms with Gasteiger partial charge in [-0.25, -0.2) is 4.79 Å². The molecular weight excluding hydrogens is 539 g/mol. The summed E-state index contributed by atoms with van der Waals surface area (Å²) < 4.78 is 0. The van der Waals surface area contributed by atoms with Crippen molar-refractivity contribution in [2.45, 2.75) is 43.8 Å². The van der Waals surface area contributed by atoms with Crippen LogP contribution in [-0.4, -0.2) is 73.9 Å². The smallest absolute Gasteiger partial charge is 0.550 e. The zero-order chi connectivity index (χ0) is 24.7. The molecule has 0 amide bonds. The van der Waals surface area contributed by atoms with Crippen LogP contribution < -0.4 is 173 Å². The Morgan fingerprint density at radius 1 is 0.629 bits per heavy atom. The summed E-state index contributed by atoms with van der Waals surface area (Å²) in [4.78, 5) is 68.5. The van der Waals surface area contributed by atoms with Crippen LogP contribution in [0.2, 0.25) is 0 Å². The summed E-state index contributed by atoms with van der Waals surface area (Å²) in [5, 5.41) is 81.9. The van der Waals surface area contributed by atoms with Crippen LogP contribution in [-0.2, 0) is 33.6 Å². The molecule has 0 fully saturated rings. The van der Waals surface area contributed by atoms with E-state index >= 15 is 0 Å². The Morgan fingerprint density at radius 3 is 1.11 bits per heavy atom. The van der Waals surface area contributed by atoms with Crippen LogP contribution in [0, 0.1) is 0 Å². The van der Waals surface area contributed by atoms with Gasteiger partial charge in [-0.15, -0.1) is 0 Å². The molecule has 0 aromatic carbocycles. The Kier molecular flexibility index (Phi) is 50.7. The molecule has 0 saturated heterocycles. The normalized spacial score (nSPS) is 10.6. The minimum atomic E-state index is -2.80. The first-order valence-corrected chi connectivity index (χ1v) is 7.30. The average molecular weight is 554 g/mol. The summed E-state index contributed by atoms with van der Waals surface area (Å²) in [6, 6.07) is 0. The summed E-state index contributed by atoms with van der Waals surface area (Å²) in [5.74, 6) is -11.5. The summed E-state index contributed by atoms with van der Waals surface area (Å²) in [6.45, 7) is 0. The Morgan fingerprint density at radius 2 is 0.971 bits per heavy atom. The number of carbonyl (C=O) groups excluding carboxylic acids is 5. The van der Waals surface area contributed by atoms with E-state index in [1.165, 1.54) is 0 Å². The SMILES string of the molecule is O=C([O-])CC(O)(CC(=O)O)C(=O)O.O=C([O-])CC(O)C(=O)[O-].O=C([O-])CCC(=O)[O-].[Na+].[Na+].[Na+].[Na+].[Na+]. The van der Waals surface area contributed by atoms with E-state index in [2.05, 4.69) is 0 Å². The molecule has 0 heterocycles. The summed E-state index contributed by atoms with van der Waals surface area (Å²) in [6.07, 6.45) is -6.27. The Hall–Kier alpha value is 1.21. The van der Waals surface area contributed by atoms with Crippen LogP contribution in [0.15, 0.2) is 0 Å². The van der Waals surface area contributed by atoms with Crippen molar-refractivity contribution in [2.75, 3.05) is 0 Å². The van der Waals surface area contributed by atoms with Crippen LogP contribution in [0.3, 0.4) is 0 Å². The van der Waals surface area contributed by atoms with Crippen molar-refractivity contribution in [3.05, 3.63) is 0 Å². The molecule has 0 aliphatic heterocycles. The van der Waals surface area contributed by atoms with Crippen molar-refractivity contribution in [1.29, 1.82) is 0 Å². The van der Waals surface area contributed by atoms with Crippen molar-refractivity contribution < 1.29 is 227 Å². The third-order valence-electron chi connectivity index (χ3n) is 2.44. The van der Waals surface area contributed by atoms with Gasteiger partial charge >= 0.3 is 160 Å². The fourth-order valence-corrected chi connectivity index (χ4v) is 1.15. The van der Waals surface area contributed by atoms with E-state index in [1.807, 2.05) is 0 Å². The first-order chi connectivity index (χ1) is 13.4. The predicted octanol–water partition coefficient (Wildman–Crippen LogP) is -24.1. The Labute approximate surface area is 308 Å². The van der Waals surface area contributed by atoms with Crippen LogP contribution in [0.4, 0.5) is 0 Å². The number of carboxylic acids is 7. The predicted molar refractivity (Wildman–Crippen MR) is 74.3 cm³/mol. The first-order valence-electron chi connectivity index (χ1n) is 7.30. The van der Waals surface area contributed by atoms with E-state index in [0.29, 0.717) is 0 Å². The molecule has 0 saturated carbocycles. The number of aliphatic hydroxyl groups excluding tert-OH is 1. The molecule has 2 unspecified atom stereocenters. The molecule has 0 aliphatic carbocycles. The standard InChI is InChI=1S/C6H8O7.C4H6O5.C4H6O4.5Na/c7-3(8)1-6(13,5(11)12)2-4(9)10;5-2(4(8)9)1-3(6)7;5-3(6)1-2-4(7)8;;;;;/h13H,1-2H2,(H,7,8)(H,9,10)(H,11,12);2,5H,1H2,(H,6,7)(H,8,9);1-2H2,(H,5,6)(H,7,8);;;;;/q;;;5*+1/p-5. The van der Waals surface area contributed by atoms with Gasteiger partial charge < -0.3 is 69.9 Å². The number of hydrogen-bond donors (Lipinski definition) is 4. The number of carboxylic acid groups (broad SMARTS) is 7. The van der Waals surface area contributed by atoms with E-state index in [0.717, 1.165) is 0 Å². The topological polar surface area (TPSA) is 316 Å². The number of hydrogen-bond acceptors (Lipinski definition) is 14. The molecule has 0 aliphatic rings. The zero-order valence-electron chi connectivity index (χ0n) is 19.8. The molecule has 0 rings (SSSR count). The molecule has 0 aromatic rings. The van der Waals surface area contributed by atoms with Gasteiger partial charge in [-0.05, 0) is 12.8 Å². The van der Waals surface area contributed by atoms with Gasteiger partial charge in [0.1, 0.15) is 0 Å². The fourth-order valence-electron chi connectivity index (χ4n) is 1.15. The largest absolute Gasteiger partial charge is 1.00 e. The molecule has 172 valence electrons. The minimum Gasteiger partial charge on any atom is -0.550 e. The molecule has 16 nitrogen and oxygen atoms in total. The fraction of sp³-hybridized carbons (Fsp3) is 0.500. The quantitative estimate of drug-likeness (QED) is 0.172. The zero-order valence-corrected chi connectivity index (χ0v) is 29.8. The van der Waals surface area contributed by atoms with Gasteiger partial charge in [-0.1, -0.05) is 0 Å². The van der Waals surface area contributed by atoms with Gasteiger partial charge in [-0.2, -0.15) is 0 Å². The van der Waals surface area contributed by atoms with Gasteiger partial charge in [0, 0.05) is 36.7 Å². The Bertz CT molecular complexity index is 641. The maximum atomic E-state index is 10.3. The maximum Gasteiger partial charge on any atom is 1.00 e. The number of aliphatic carboxylic acids is 7. The summed E-state index contributed by atoms with van der Waals surface area (Å²) in [5.41, 5.74) is -2.80. The second-order valence-corrected chi connectivity index (χ2v) is 5.11. The second kappa shape index (κ2) is 31.4. The average Bonchev–Trinajstić information content (AvgIpc) is 2.51. The third kappa shape index (κ3) is 42.6. The molecule has 0 bridgehead atoms. The van der Waals surface area contributed by atoms with Crippen LogP contribution in [0.1, 0.15) is 32.1 Å². The van der Waals surface area contributed by atoms with Crippen LogP contribution in [0.25, 0.3) is 0 Å². The van der Waals surface area contributed by atoms with Crippen molar-refractivity contribution in [3.63, 3.8) is 0 Å². The van der Waals surface area contributed by atoms with E-state index in [1.54, 1.807) is 0 Å². The van der Waals surface area contributed by atoms with E-state index in [4.69, 9.17) is 20.4 Å². The molecule has 2 atom stereocenters. The minimum absolute atomic E-state index is 0. The molecular formula is C14H15Na5O16. The maximum absolute atomic E-state index is 10.3. The van der Waals surface area contributed by atoms with Crippen molar-refractivity contribution >= 4 is 41.8 Å². The van der Waals surface area contributed by atoms with E-state index < -0.39 is 85.6 Å². The molecule has 0 aromatic heterocycles. The van der Waals surface area contributed by atoms with Gasteiger partial charge in [-0.3, -0.25) is 4.79 Å². The molecule has 21 heteroatoms. The Balaban J connectivity index is -0.0000000501. The van der Waals surface area contributed by atoms with E-state index in [-0.39, 0.29) is 148 Å². The van der Waals surface area contributed by atoms with Crippen molar-refractivity contribution in [3.8, 4) is 0 Å². The summed E-state index contributed by atoms with van der Waals surface area (Å²) in [7, 11) is 0. The monoisotopic (exact) mass is 554 g/mol. The van der Waals surface area contributed by atoms with Gasteiger partial charge in [0.2, 0.25) is 0 Å². The molecule has 0 radical (unpaired) electrons. The van der Waals surface area contributed by atoms with Crippen molar-refractivity contribution in [1.82, 2.24) is 0 Å². The second-order valence-electron chi connectivity index (χ2n) is 5.11. The van der Waals surface area contributed by atoms with E-state index in [9.17, 15) is 59.1 Å². The first kappa shape index (κ1) is 56.4. The molecule has 35 heavy (non-hydrogen) atoms. The third-order valence-corrected chi connectivity index (χ3v) is 2.44. The molecule has 0 spiro atoms. The number of rotatable bonds is 11. The number of carbonyl (C=O) groups is 7.